The molecule has 1 aliphatic heterocycles. The van der Waals surface area contributed by atoms with Gasteiger partial charge in [-0.3, -0.25) is 0 Å². The van der Waals surface area contributed by atoms with Crippen LogP contribution in [-0.4, -0.2) is 53.1 Å². The molecular weight excluding hydrogens is 260 g/mol. The van der Waals surface area contributed by atoms with E-state index < -0.39 is 0 Å². The monoisotopic (exact) mass is 298 g/mol. The molecule has 0 aromatic rings. The molecule has 0 atom stereocenters. The molecule has 1 fully saturated rings. The van der Waals surface area contributed by atoms with Crippen LogP contribution in [0.15, 0.2) is 0 Å². The van der Waals surface area contributed by atoms with Crippen molar-refractivity contribution in [1.29, 1.82) is 0 Å². The molecule has 0 radical (unpaired) electrons. The zero-order chi connectivity index (χ0) is 15.5. The number of hydrazine groups is 3. The SMILES string of the molecule is CCCCN1CN(CCCC)N(CCCC)N1CCCC. The molecule has 0 bridgehead atoms. The second-order valence-electron chi connectivity index (χ2n) is 6.21. The Morgan fingerprint density at radius 3 is 1.19 bits per heavy atom. The molecule has 4 nitrogen and oxygen atoms in total. The van der Waals surface area contributed by atoms with Crippen molar-refractivity contribution in [1.82, 2.24) is 20.3 Å². The van der Waals surface area contributed by atoms with Crippen molar-refractivity contribution in [2.45, 2.75) is 79.1 Å². The Kier molecular flexibility index (Phi) is 10.3. The molecular formula is C17H38N4. The minimum atomic E-state index is 1.09. The highest BCUT2D eigenvalue weighted by Gasteiger charge is 2.34. The summed E-state index contributed by atoms with van der Waals surface area (Å²) in [6.45, 7) is 15.0. The zero-order valence-electron chi connectivity index (χ0n) is 15.0. The summed E-state index contributed by atoms with van der Waals surface area (Å²) in [5, 5.41) is 10.2. The van der Waals surface area contributed by atoms with Gasteiger partial charge in [-0.05, 0) is 25.7 Å². The van der Waals surface area contributed by atoms with Crippen LogP contribution in [0.3, 0.4) is 0 Å². The molecule has 4 heteroatoms. The van der Waals surface area contributed by atoms with Gasteiger partial charge in [-0.1, -0.05) is 53.4 Å². The molecule has 0 N–H and O–H groups in total. The van der Waals surface area contributed by atoms with Gasteiger partial charge in [0.1, 0.15) is 0 Å². The Bertz CT molecular complexity index is 223. The molecule has 0 aromatic heterocycles. The summed E-state index contributed by atoms with van der Waals surface area (Å²) in [5.74, 6) is 0. The highest BCUT2D eigenvalue weighted by atomic mass is 16.1. The van der Waals surface area contributed by atoms with Crippen molar-refractivity contribution in [2.75, 3.05) is 32.8 Å². The van der Waals surface area contributed by atoms with Crippen LogP contribution in [-0.2, 0) is 0 Å². The minimum Gasteiger partial charge on any atom is -0.211 e. The second kappa shape index (κ2) is 11.4. The smallest absolute Gasteiger partial charge is 0.0814 e. The molecule has 0 aromatic carbocycles. The van der Waals surface area contributed by atoms with Crippen LogP contribution in [0.5, 0.6) is 0 Å². The van der Waals surface area contributed by atoms with Crippen LogP contribution in [0.25, 0.3) is 0 Å². The Morgan fingerprint density at radius 2 is 0.857 bits per heavy atom. The molecule has 0 spiro atoms. The van der Waals surface area contributed by atoms with E-state index in [1.165, 1.54) is 77.5 Å². The van der Waals surface area contributed by atoms with E-state index in [2.05, 4.69) is 47.9 Å². The van der Waals surface area contributed by atoms with Gasteiger partial charge < -0.3 is 0 Å². The molecule has 126 valence electrons. The van der Waals surface area contributed by atoms with Gasteiger partial charge >= 0.3 is 0 Å². The summed E-state index contributed by atoms with van der Waals surface area (Å²) in [5.41, 5.74) is 0. The van der Waals surface area contributed by atoms with E-state index >= 15 is 0 Å². The quantitative estimate of drug-likeness (QED) is 0.537. The normalized spacial score (nSPS) is 18.9. The van der Waals surface area contributed by atoms with Crippen molar-refractivity contribution in [3.8, 4) is 0 Å². The molecule has 0 unspecified atom stereocenters. The van der Waals surface area contributed by atoms with E-state index in [9.17, 15) is 0 Å². The van der Waals surface area contributed by atoms with Crippen molar-refractivity contribution in [2.24, 2.45) is 0 Å². The fourth-order valence-corrected chi connectivity index (χ4v) is 2.79. The van der Waals surface area contributed by atoms with Gasteiger partial charge in [-0.2, -0.15) is 10.2 Å². The molecule has 1 heterocycles. The van der Waals surface area contributed by atoms with Gasteiger partial charge in [-0.25, -0.2) is 10.0 Å². The number of hydrogen-bond donors (Lipinski definition) is 0. The molecule has 0 saturated carbocycles. The Morgan fingerprint density at radius 1 is 0.524 bits per heavy atom. The first kappa shape index (κ1) is 18.9. The van der Waals surface area contributed by atoms with E-state index in [1.54, 1.807) is 0 Å². The predicted molar refractivity (Wildman–Crippen MR) is 91.3 cm³/mol. The van der Waals surface area contributed by atoms with E-state index in [0.717, 1.165) is 6.67 Å². The molecule has 1 saturated heterocycles. The van der Waals surface area contributed by atoms with Crippen LogP contribution < -0.4 is 0 Å². The molecule has 1 rings (SSSR count). The second-order valence-corrected chi connectivity index (χ2v) is 6.21. The fraction of sp³-hybridized carbons (Fsp3) is 1.00. The summed E-state index contributed by atoms with van der Waals surface area (Å²) in [4.78, 5) is 0. The Balaban J connectivity index is 2.68. The van der Waals surface area contributed by atoms with Gasteiger partial charge in [0.2, 0.25) is 0 Å². The van der Waals surface area contributed by atoms with Gasteiger partial charge in [-0.15, -0.1) is 0 Å². The van der Waals surface area contributed by atoms with Gasteiger partial charge in [0.15, 0.2) is 0 Å². The third kappa shape index (κ3) is 6.23. The molecule has 21 heavy (non-hydrogen) atoms. The first-order valence-electron chi connectivity index (χ1n) is 9.33. The highest BCUT2D eigenvalue weighted by Crippen LogP contribution is 2.21. The number of hydrogen-bond acceptors (Lipinski definition) is 4. The topological polar surface area (TPSA) is 13.0 Å². The number of rotatable bonds is 12. The minimum absolute atomic E-state index is 1.09. The zero-order valence-corrected chi connectivity index (χ0v) is 15.0. The third-order valence-corrected chi connectivity index (χ3v) is 4.21. The first-order valence-corrected chi connectivity index (χ1v) is 9.33. The predicted octanol–water partition coefficient (Wildman–Crippen LogP) is 4.11. The van der Waals surface area contributed by atoms with Crippen LogP contribution >= 0.6 is 0 Å². The lowest BCUT2D eigenvalue weighted by atomic mass is 10.3. The maximum atomic E-state index is 2.57. The van der Waals surface area contributed by atoms with E-state index in [0.29, 0.717) is 0 Å². The van der Waals surface area contributed by atoms with Crippen LogP contribution in [0.2, 0.25) is 0 Å². The Labute approximate surface area is 133 Å². The lowest BCUT2D eigenvalue weighted by Gasteiger charge is -2.34. The summed E-state index contributed by atoms with van der Waals surface area (Å²) in [6.07, 6.45) is 10.3. The van der Waals surface area contributed by atoms with Crippen molar-refractivity contribution in [3.05, 3.63) is 0 Å². The van der Waals surface area contributed by atoms with E-state index in [4.69, 9.17) is 0 Å². The Hall–Kier alpha value is -0.160. The van der Waals surface area contributed by atoms with Gasteiger partial charge in [0, 0.05) is 26.2 Å². The summed E-state index contributed by atoms with van der Waals surface area (Å²) >= 11 is 0. The standard InChI is InChI=1S/C17H38N4/c1-5-9-13-18-17-19(14-10-6-2)21(16-12-8-4)20(18)15-11-7-3/h5-17H2,1-4H3. The largest absolute Gasteiger partial charge is 0.211 e. The number of nitrogens with zero attached hydrogens (tertiary/aromatic N) is 4. The van der Waals surface area contributed by atoms with Crippen LogP contribution in [0, 0.1) is 0 Å². The number of unbranched alkanes of at least 4 members (excludes halogenated alkanes) is 4. The first-order chi connectivity index (χ1) is 10.3. The molecule has 0 amide bonds. The lowest BCUT2D eigenvalue weighted by molar-refractivity contribution is -0.180. The molecule has 1 aliphatic rings. The summed E-state index contributed by atoms with van der Waals surface area (Å²) < 4.78 is 0. The van der Waals surface area contributed by atoms with E-state index in [-0.39, 0.29) is 0 Å². The van der Waals surface area contributed by atoms with Crippen LogP contribution in [0.1, 0.15) is 79.1 Å². The van der Waals surface area contributed by atoms with Crippen LogP contribution in [0.4, 0.5) is 0 Å². The maximum Gasteiger partial charge on any atom is 0.0814 e. The highest BCUT2D eigenvalue weighted by molar-refractivity contribution is 4.67. The summed E-state index contributed by atoms with van der Waals surface area (Å²) in [6, 6.07) is 0. The third-order valence-electron chi connectivity index (χ3n) is 4.21. The van der Waals surface area contributed by atoms with Gasteiger partial charge in [0.25, 0.3) is 0 Å². The average molecular weight is 299 g/mol. The van der Waals surface area contributed by atoms with Gasteiger partial charge in [0.05, 0.1) is 6.67 Å². The molecule has 0 aliphatic carbocycles. The van der Waals surface area contributed by atoms with Crippen molar-refractivity contribution < 1.29 is 0 Å². The maximum absolute atomic E-state index is 2.57. The summed E-state index contributed by atoms with van der Waals surface area (Å²) in [7, 11) is 0. The van der Waals surface area contributed by atoms with Crippen molar-refractivity contribution in [3.63, 3.8) is 0 Å². The average Bonchev–Trinajstić information content (AvgIpc) is 2.83. The lowest BCUT2D eigenvalue weighted by Crippen LogP contribution is -2.48. The van der Waals surface area contributed by atoms with E-state index in [1.807, 2.05) is 0 Å². The van der Waals surface area contributed by atoms with Crippen molar-refractivity contribution >= 4 is 0 Å². The fourth-order valence-electron chi connectivity index (χ4n) is 2.79.